The summed E-state index contributed by atoms with van der Waals surface area (Å²) in [6, 6.07) is 15.2. The lowest BCUT2D eigenvalue weighted by atomic mass is 9.87. The van der Waals surface area contributed by atoms with Crippen molar-refractivity contribution in [3.63, 3.8) is 0 Å². The summed E-state index contributed by atoms with van der Waals surface area (Å²) < 4.78 is 46.4. The first-order valence-corrected chi connectivity index (χ1v) is 16.9. The van der Waals surface area contributed by atoms with E-state index in [1.807, 2.05) is 44.2 Å². The highest BCUT2D eigenvalue weighted by Crippen LogP contribution is 2.33. The van der Waals surface area contributed by atoms with Crippen LogP contribution in [0.5, 0.6) is 0 Å². The number of alkyl carbamates (subject to hydrolysis) is 1. The monoisotopic (exact) mass is 632 g/mol. The fourth-order valence-electron chi connectivity index (χ4n) is 5.87. The first-order chi connectivity index (χ1) is 21.0. The zero-order valence-electron chi connectivity index (χ0n) is 26.0. The fraction of sp³-hybridized carbons (Fsp3) is 0.594. The van der Waals surface area contributed by atoms with Crippen LogP contribution in [0.25, 0.3) is 0 Å². The number of benzene rings is 2. The Balaban J connectivity index is 1.56. The molecule has 0 saturated carbocycles. The van der Waals surface area contributed by atoms with Crippen molar-refractivity contribution in [3.8, 4) is 0 Å². The predicted molar refractivity (Wildman–Crippen MR) is 169 cm³/mol. The maximum absolute atomic E-state index is 14.1. The summed E-state index contributed by atoms with van der Waals surface area (Å²) in [5.41, 5.74) is 6.85. The third kappa shape index (κ3) is 9.15. The number of hydrogen-bond acceptors (Lipinski definition) is 9. The minimum Gasteiger partial charge on any atom is -0.443 e. The highest BCUT2D eigenvalue weighted by molar-refractivity contribution is 7.89. The van der Waals surface area contributed by atoms with Gasteiger partial charge in [0.05, 0.1) is 36.2 Å². The summed E-state index contributed by atoms with van der Waals surface area (Å²) in [4.78, 5) is 13.3. The number of fused-ring (bicyclic) bond motifs is 1. The molecule has 4 rings (SSSR count). The molecule has 2 fully saturated rings. The second kappa shape index (κ2) is 15.5. The van der Waals surface area contributed by atoms with Gasteiger partial charge in [0.15, 0.2) is 6.29 Å². The minimum atomic E-state index is -4.02. The van der Waals surface area contributed by atoms with E-state index in [1.54, 1.807) is 31.3 Å². The standard InChI is InChI=1S/C32H48N4O7S/c1-32(2,15-7-8-16-33)22-36(44(39,40)25-13-9-12-24(19-25)34-3)20-28(37)27(18-23-10-5-4-6-11-23)35-31(38)43-29-21-42-30-26(29)14-17-41-30/h4-6,9-13,19,26-30,34,37H,7-8,14-18,20-22,33H2,1-3H3,(H,35,38). The van der Waals surface area contributed by atoms with Crippen LogP contribution in [0.2, 0.25) is 0 Å². The molecule has 5 atom stereocenters. The largest absolute Gasteiger partial charge is 0.443 e. The van der Waals surface area contributed by atoms with E-state index in [0.29, 0.717) is 18.8 Å². The van der Waals surface area contributed by atoms with Crippen LogP contribution in [0, 0.1) is 11.3 Å². The number of hydrogen-bond donors (Lipinski definition) is 4. The van der Waals surface area contributed by atoms with Crippen LogP contribution in [0.1, 0.15) is 45.1 Å². The van der Waals surface area contributed by atoms with Crippen LogP contribution < -0.4 is 16.4 Å². The molecule has 244 valence electrons. The van der Waals surface area contributed by atoms with Gasteiger partial charge in [-0.2, -0.15) is 4.31 Å². The summed E-state index contributed by atoms with van der Waals surface area (Å²) >= 11 is 0. The van der Waals surface area contributed by atoms with E-state index in [9.17, 15) is 18.3 Å². The third-order valence-corrected chi connectivity index (χ3v) is 10.2. The fourth-order valence-corrected chi connectivity index (χ4v) is 7.56. The molecule has 2 saturated heterocycles. The van der Waals surface area contributed by atoms with Crippen molar-refractivity contribution in [1.29, 1.82) is 0 Å². The van der Waals surface area contributed by atoms with E-state index in [1.165, 1.54) is 4.31 Å². The van der Waals surface area contributed by atoms with Crippen molar-refractivity contribution in [2.45, 2.75) is 75.4 Å². The van der Waals surface area contributed by atoms with Crippen molar-refractivity contribution in [1.82, 2.24) is 9.62 Å². The molecule has 5 N–H and O–H groups in total. The van der Waals surface area contributed by atoms with E-state index in [-0.39, 0.29) is 43.2 Å². The Morgan fingerprint density at radius 2 is 1.93 bits per heavy atom. The highest BCUT2D eigenvalue weighted by atomic mass is 32.2. The molecule has 11 nitrogen and oxygen atoms in total. The number of nitrogens with one attached hydrogen (secondary N) is 2. The lowest BCUT2D eigenvalue weighted by molar-refractivity contribution is -0.0907. The topological polar surface area (TPSA) is 152 Å². The maximum Gasteiger partial charge on any atom is 0.407 e. The molecule has 0 spiro atoms. The Morgan fingerprint density at radius 1 is 1.16 bits per heavy atom. The number of nitrogens with two attached hydrogens (primary N) is 1. The molecule has 44 heavy (non-hydrogen) atoms. The van der Waals surface area contributed by atoms with Crippen molar-refractivity contribution in [2.24, 2.45) is 17.1 Å². The average molecular weight is 633 g/mol. The number of aliphatic hydroxyl groups excluding tert-OH is 1. The minimum absolute atomic E-state index is 0.0336. The molecule has 0 aliphatic carbocycles. The summed E-state index contributed by atoms with van der Waals surface area (Å²) in [5.74, 6) is -0.0336. The lowest BCUT2D eigenvalue weighted by Crippen LogP contribution is -2.52. The second-order valence-electron chi connectivity index (χ2n) is 12.5. The quantitative estimate of drug-likeness (QED) is 0.204. The molecular formula is C32H48N4O7S. The second-order valence-corrected chi connectivity index (χ2v) is 14.4. The smallest absolute Gasteiger partial charge is 0.407 e. The van der Waals surface area contributed by atoms with Gasteiger partial charge in [0, 0.05) is 25.8 Å². The number of carbonyl (C=O) groups excluding carboxylic acids is 1. The van der Waals surface area contributed by atoms with Crippen LogP contribution >= 0.6 is 0 Å². The Morgan fingerprint density at radius 3 is 2.66 bits per heavy atom. The van der Waals surface area contributed by atoms with Crippen LogP contribution in [0.3, 0.4) is 0 Å². The van der Waals surface area contributed by atoms with E-state index in [4.69, 9.17) is 19.9 Å². The van der Waals surface area contributed by atoms with E-state index in [0.717, 1.165) is 31.2 Å². The average Bonchev–Trinajstić information content (AvgIpc) is 3.62. The van der Waals surface area contributed by atoms with E-state index >= 15 is 0 Å². The number of anilines is 1. The first-order valence-electron chi connectivity index (χ1n) is 15.4. The Labute approximate surface area is 261 Å². The summed E-state index contributed by atoms with van der Waals surface area (Å²) in [6.07, 6.45) is 0.713. The van der Waals surface area contributed by atoms with E-state index < -0.39 is 39.8 Å². The molecule has 12 heteroatoms. The van der Waals surface area contributed by atoms with Crippen LogP contribution in [0.4, 0.5) is 10.5 Å². The molecule has 0 radical (unpaired) electrons. The van der Waals surface area contributed by atoms with Gasteiger partial charge >= 0.3 is 6.09 Å². The van der Waals surface area contributed by atoms with Gasteiger partial charge < -0.3 is 35.7 Å². The van der Waals surface area contributed by atoms with Crippen LogP contribution in [-0.2, 0) is 30.7 Å². The number of nitrogens with zero attached hydrogens (tertiary/aromatic N) is 1. The van der Waals surface area contributed by atoms with Crippen LogP contribution in [-0.4, -0.2) is 88.4 Å². The number of unbranched alkanes of at least 4 members (excludes halogenated alkanes) is 1. The maximum atomic E-state index is 14.1. The van der Waals surface area contributed by atoms with E-state index in [2.05, 4.69) is 10.6 Å². The molecule has 2 aliphatic rings. The highest BCUT2D eigenvalue weighted by Gasteiger charge is 2.44. The molecule has 1 amide bonds. The predicted octanol–water partition coefficient (Wildman–Crippen LogP) is 3.33. The van der Waals surface area contributed by atoms with Gasteiger partial charge in [0.1, 0.15) is 6.10 Å². The number of sulfonamides is 1. The van der Waals surface area contributed by atoms with Gasteiger partial charge in [0.2, 0.25) is 10.0 Å². The molecule has 2 aliphatic heterocycles. The number of carbonyl (C=O) groups is 1. The number of amides is 1. The van der Waals surface area contributed by atoms with Crippen molar-refractivity contribution in [2.75, 3.05) is 45.2 Å². The van der Waals surface area contributed by atoms with Gasteiger partial charge in [-0.25, -0.2) is 13.2 Å². The van der Waals surface area contributed by atoms with Crippen LogP contribution in [0.15, 0.2) is 59.5 Å². The SMILES string of the molecule is CNc1cccc(S(=O)(=O)N(CC(O)C(Cc2ccccc2)NC(=O)OC2COC3OCCC23)CC(C)(C)CCCCN)c1. The molecule has 0 aromatic heterocycles. The molecular weight excluding hydrogens is 584 g/mol. The van der Waals surface area contributed by atoms with Crippen molar-refractivity contribution < 1.29 is 32.5 Å². The van der Waals surface area contributed by atoms with Gasteiger partial charge in [-0.05, 0) is 61.4 Å². The molecule has 2 heterocycles. The Bertz CT molecular complexity index is 1310. The summed E-state index contributed by atoms with van der Waals surface area (Å²) in [5, 5.41) is 17.5. The summed E-state index contributed by atoms with van der Waals surface area (Å²) in [7, 11) is -2.30. The number of aliphatic hydroxyl groups is 1. The van der Waals surface area contributed by atoms with Gasteiger partial charge in [0.25, 0.3) is 0 Å². The normalized spacial score (nSPS) is 21.5. The first kappa shape index (κ1) is 34.1. The van der Waals surface area contributed by atoms with Gasteiger partial charge in [-0.15, -0.1) is 0 Å². The number of ether oxygens (including phenoxy) is 3. The van der Waals surface area contributed by atoms with Crippen molar-refractivity contribution >= 4 is 21.8 Å². The molecule has 0 bridgehead atoms. The van der Waals surface area contributed by atoms with Crippen molar-refractivity contribution in [3.05, 3.63) is 60.2 Å². The van der Waals surface area contributed by atoms with Gasteiger partial charge in [-0.3, -0.25) is 0 Å². The zero-order chi connectivity index (χ0) is 31.7. The van der Waals surface area contributed by atoms with Gasteiger partial charge in [-0.1, -0.05) is 56.7 Å². The number of rotatable bonds is 16. The molecule has 2 aromatic rings. The lowest BCUT2D eigenvalue weighted by Gasteiger charge is -2.35. The summed E-state index contributed by atoms with van der Waals surface area (Å²) in [6.45, 7) is 5.34. The Hall–Kier alpha value is -2.74. The molecule has 5 unspecified atom stereocenters. The molecule has 2 aromatic carbocycles. The zero-order valence-corrected chi connectivity index (χ0v) is 26.8. The third-order valence-electron chi connectivity index (χ3n) is 8.37. The Kier molecular flexibility index (Phi) is 12.0.